The minimum Gasteiger partial charge on any atom is -0.394 e. The summed E-state index contributed by atoms with van der Waals surface area (Å²) in [4.78, 5) is 13.3. The third-order valence-electron chi connectivity index (χ3n) is 15.5. The van der Waals surface area contributed by atoms with Gasteiger partial charge in [0, 0.05) is 6.42 Å². The van der Waals surface area contributed by atoms with Gasteiger partial charge in [-0.15, -0.1) is 0 Å². The number of hydrogen-bond donors (Lipinski definition) is 9. The second kappa shape index (κ2) is 46.6. The molecule has 12 unspecified atom stereocenters. The number of hydrogen-bond acceptors (Lipinski definition) is 13. The molecule has 0 aromatic heterocycles. The fourth-order valence-electron chi connectivity index (χ4n) is 10.5. The van der Waals surface area contributed by atoms with Crippen molar-refractivity contribution in [2.45, 2.75) is 344 Å². The zero-order chi connectivity index (χ0) is 53.9. The quantitative estimate of drug-likeness (QED) is 0.0204. The van der Waals surface area contributed by atoms with Gasteiger partial charge in [0.25, 0.3) is 0 Å². The Morgan fingerprint density at radius 1 is 0.473 bits per heavy atom. The van der Waals surface area contributed by atoms with Crippen molar-refractivity contribution in [2.75, 3.05) is 19.8 Å². The normalized spacial score (nSPS) is 25.2. The maximum atomic E-state index is 13.3. The fourth-order valence-corrected chi connectivity index (χ4v) is 10.5. The van der Waals surface area contributed by atoms with Gasteiger partial charge in [0.05, 0.1) is 32.0 Å². The number of ether oxygens (including phenoxy) is 4. The van der Waals surface area contributed by atoms with Gasteiger partial charge in [-0.2, -0.15) is 0 Å². The van der Waals surface area contributed by atoms with E-state index in [-0.39, 0.29) is 12.5 Å². The predicted octanol–water partition coefficient (Wildman–Crippen LogP) is 10.7. The molecule has 0 radical (unpaired) electrons. The topological polar surface area (TPSA) is 228 Å². The van der Waals surface area contributed by atoms with Gasteiger partial charge >= 0.3 is 0 Å². The Hall–Kier alpha value is -1.27. The molecule has 14 heteroatoms. The second-order valence-electron chi connectivity index (χ2n) is 22.2. The summed E-state index contributed by atoms with van der Waals surface area (Å²) < 4.78 is 22.9. The Morgan fingerprint density at radius 2 is 0.851 bits per heavy atom. The third-order valence-corrected chi connectivity index (χ3v) is 15.5. The van der Waals surface area contributed by atoms with Gasteiger partial charge in [-0.05, 0) is 38.5 Å². The van der Waals surface area contributed by atoms with Crippen molar-refractivity contribution in [1.29, 1.82) is 0 Å². The summed E-state index contributed by atoms with van der Waals surface area (Å²) in [5.41, 5.74) is 0. The monoisotopic (exact) mass is 1060 g/mol. The Kier molecular flexibility index (Phi) is 43.4. The molecule has 14 nitrogen and oxygen atoms in total. The van der Waals surface area contributed by atoms with Gasteiger partial charge in [-0.25, -0.2) is 0 Å². The van der Waals surface area contributed by atoms with E-state index in [9.17, 15) is 45.6 Å². The molecular weight excluding hydrogens is 943 g/mol. The summed E-state index contributed by atoms with van der Waals surface area (Å²) in [5, 5.41) is 87.3. The zero-order valence-electron chi connectivity index (χ0n) is 47.1. The highest BCUT2D eigenvalue weighted by atomic mass is 16.7. The van der Waals surface area contributed by atoms with Crippen molar-refractivity contribution in [2.24, 2.45) is 0 Å². The largest absolute Gasteiger partial charge is 0.394 e. The lowest BCUT2D eigenvalue weighted by molar-refractivity contribution is -0.359. The van der Waals surface area contributed by atoms with Crippen LogP contribution in [0.4, 0.5) is 0 Å². The SMILES string of the molecule is CCCCCCCCCC/C=C\CCCCCCCCCCCCCC(=O)NC(COC1OC(CO)C(OC2OC(CO)C(O)C(O)C2O)C(O)C1O)C(O)CCCCCCCCCCCCCCCCCCC. The summed E-state index contributed by atoms with van der Waals surface area (Å²) >= 11 is 0. The molecule has 0 spiro atoms. The maximum Gasteiger partial charge on any atom is 0.220 e. The molecule has 0 bridgehead atoms. The average molecular weight is 1060 g/mol. The molecule has 74 heavy (non-hydrogen) atoms. The predicted molar refractivity (Wildman–Crippen MR) is 295 cm³/mol. The molecule has 9 N–H and O–H groups in total. The Balaban J connectivity index is 1.73. The number of aliphatic hydroxyl groups excluding tert-OH is 8. The lowest BCUT2D eigenvalue weighted by Gasteiger charge is -2.46. The molecule has 0 aromatic rings. The van der Waals surface area contributed by atoms with Crippen LogP contribution in [0.2, 0.25) is 0 Å². The Labute approximate surface area is 450 Å². The van der Waals surface area contributed by atoms with E-state index >= 15 is 0 Å². The van der Waals surface area contributed by atoms with E-state index in [4.69, 9.17) is 18.9 Å². The summed E-state index contributed by atoms with van der Waals surface area (Å²) in [6, 6.07) is -0.826. The first-order valence-electron chi connectivity index (χ1n) is 30.9. The molecule has 12 atom stereocenters. The Morgan fingerprint density at radius 3 is 1.28 bits per heavy atom. The van der Waals surface area contributed by atoms with E-state index < -0.39 is 86.8 Å². The Bertz CT molecular complexity index is 1290. The molecule has 2 fully saturated rings. The summed E-state index contributed by atoms with van der Waals surface area (Å²) in [7, 11) is 0. The van der Waals surface area contributed by atoms with E-state index in [2.05, 4.69) is 31.3 Å². The fraction of sp³-hybridized carbons (Fsp3) is 0.950. The van der Waals surface area contributed by atoms with Crippen LogP contribution in [-0.4, -0.2) is 140 Å². The number of aliphatic hydroxyl groups is 8. The first-order valence-corrected chi connectivity index (χ1v) is 30.9. The van der Waals surface area contributed by atoms with Crippen LogP contribution < -0.4 is 5.32 Å². The molecule has 438 valence electrons. The number of allylic oxidation sites excluding steroid dienone is 2. The maximum absolute atomic E-state index is 13.3. The molecule has 0 saturated carbocycles. The van der Waals surface area contributed by atoms with Crippen molar-refractivity contribution >= 4 is 5.91 Å². The van der Waals surface area contributed by atoms with Crippen LogP contribution in [0.15, 0.2) is 12.2 Å². The van der Waals surface area contributed by atoms with Gasteiger partial charge in [-0.3, -0.25) is 4.79 Å². The molecule has 0 aliphatic carbocycles. The number of amides is 1. The first kappa shape index (κ1) is 68.8. The van der Waals surface area contributed by atoms with E-state index in [1.807, 2.05) is 0 Å². The van der Waals surface area contributed by atoms with Gasteiger partial charge in [0.2, 0.25) is 5.91 Å². The number of carbonyl (C=O) groups is 1. The van der Waals surface area contributed by atoms with Crippen LogP contribution in [0.5, 0.6) is 0 Å². The van der Waals surface area contributed by atoms with Crippen LogP contribution in [-0.2, 0) is 23.7 Å². The molecule has 2 heterocycles. The molecular formula is C60H115NO13. The molecule has 2 saturated heterocycles. The van der Waals surface area contributed by atoms with Gasteiger partial charge in [-0.1, -0.05) is 238 Å². The number of rotatable bonds is 50. The van der Waals surface area contributed by atoms with Gasteiger partial charge in [0.15, 0.2) is 12.6 Å². The minimum atomic E-state index is -1.78. The summed E-state index contributed by atoms with van der Waals surface area (Å²) in [5.74, 6) is -0.203. The molecule has 2 aliphatic rings. The van der Waals surface area contributed by atoms with E-state index in [1.54, 1.807) is 0 Å². The average Bonchev–Trinajstić information content (AvgIpc) is 3.40. The first-order chi connectivity index (χ1) is 36.1. The standard InChI is InChI=1S/C60H115NO13/c1-3-5-7-9-11-13-15-17-19-21-22-23-24-25-26-28-30-32-34-36-38-40-42-44-52(65)61-48(49(64)43-41-39-37-35-33-31-29-27-20-18-16-14-12-10-8-6-4-2)47-71-59-57(70)55(68)58(51(46-63)73-59)74-60-56(69)54(67)53(66)50(45-62)72-60/h21-22,48-51,53-60,62-64,66-70H,3-20,23-47H2,1-2H3,(H,61,65)/b22-21-. The van der Waals surface area contributed by atoms with Crippen LogP contribution >= 0.6 is 0 Å². The molecule has 1 amide bonds. The van der Waals surface area contributed by atoms with Crippen LogP contribution in [0.3, 0.4) is 0 Å². The number of nitrogens with one attached hydrogen (secondary N) is 1. The highest BCUT2D eigenvalue weighted by molar-refractivity contribution is 5.76. The van der Waals surface area contributed by atoms with Crippen LogP contribution in [0.25, 0.3) is 0 Å². The summed E-state index contributed by atoms with van der Waals surface area (Å²) in [6.07, 6.45) is 36.4. The highest BCUT2D eigenvalue weighted by Crippen LogP contribution is 2.30. The van der Waals surface area contributed by atoms with Crippen molar-refractivity contribution in [1.82, 2.24) is 5.32 Å². The van der Waals surface area contributed by atoms with E-state index in [1.165, 1.54) is 193 Å². The molecule has 2 aliphatic heterocycles. The van der Waals surface area contributed by atoms with Gasteiger partial charge < -0.3 is 65.1 Å². The highest BCUT2D eigenvalue weighted by Gasteiger charge is 2.51. The second-order valence-corrected chi connectivity index (χ2v) is 22.2. The van der Waals surface area contributed by atoms with Crippen molar-refractivity contribution < 1.29 is 64.6 Å². The minimum absolute atomic E-state index is 0.203. The number of carbonyl (C=O) groups excluding carboxylic acids is 1. The third kappa shape index (κ3) is 32.0. The van der Waals surface area contributed by atoms with Crippen LogP contribution in [0.1, 0.15) is 271 Å². The summed E-state index contributed by atoms with van der Waals surface area (Å²) in [6.45, 7) is 2.89. The van der Waals surface area contributed by atoms with Crippen LogP contribution in [0, 0.1) is 0 Å². The number of unbranched alkanes of at least 4 members (excludes halogenated alkanes) is 35. The smallest absolute Gasteiger partial charge is 0.220 e. The molecule has 0 aromatic carbocycles. The zero-order valence-corrected chi connectivity index (χ0v) is 47.1. The van der Waals surface area contributed by atoms with Gasteiger partial charge in [0.1, 0.15) is 48.8 Å². The van der Waals surface area contributed by atoms with Crippen molar-refractivity contribution in [3.05, 3.63) is 12.2 Å². The molecule has 2 rings (SSSR count). The van der Waals surface area contributed by atoms with E-state index in [0.29, 0.717) is 12.8 Å². The lowest BCUT2D eigenvalue weighted by atomic mass is 9.97. The van der Waals surface area contributed by atoms with Crippen molar-refractivity contribution in [3.8, 4) is 0 Å². The lowest BCUT2D eigenvalue weighted by Crippen LogP contribution is -2.65. The van der Waals surface area contributed by atoms with Crippen molar-refractivity contribution in [3.63, 3.8) is 0 Å². The van der Waals surface area contributed by atoms with E-state index in [0.717, 1.165) is 51.4 Å².